The fraction of sp³-hybridized carbons (Fsp3) is 0.742. The first kappa shape index (κ1) is 55.8. The molecule has 64 heavy (non-hydrogen) atoms. The monoisotopic (exact) mass is 877 g/mol. The number of aryl methyl sites for hydroxylation is 4. The molecule has 1 heterocycles. The second kappa shape index (κ2) is 34.8. The van der Waals surface area contributed by atoms with E-state index in [1.54, 1.807) is 38.1 Å². The summed E-state index contributed by atoms with van der Waals surface area (Å²) in [6, 6.07) is 10.3. The molecule has 0 aliphatic carbocycles. The Morgan fingerprint density at radius 1 is 0.297 bits per heavy atom. The van der Waals surface area contributed by atoms with E-state index in [1.165, 1.54) is 228 Å². The molecule has 0 spiro atoms. The Kier molecular flexibility index (Phi) is 30.3. The molecule has 362 valence electrons. The van der Waals surface area contributed by atoms with Crippen LogP contribution in [0.1, 0.15) is 305 Å². The Bertz CT molecular complexity index is 1570. The molecule has 0 bridgehead atoms. The van der Waals surface area contributed by atoms with Gasteiger partial charge in [-0.05, 0) is 154 Å². The van der Waals surface area contributed by atoms with Crippen LogP contribution in [0.3, 0.4) is 0 Å². The van der Waals surface area contributed by atoms with Crippen molar-refractivity contribution >= 4 is 11.4 Å². The summed E-state index contributed by atoms with van der Waals surface area (Å²) in [5, 5.41) is 0. The van der Waals surface area contributed by atoms with Crippen molar-refractivity contribution in [1.82, 2.24) is 0 Å². The topological polar surface area (TPSA) is 25.3 Å². The first-order valence-corrected chi connectivity index (χ1v) is 28.7. The summed E-state index contributed by atoms with van der Waals surface area (Å²) in [5.74, 6) is 0. The third-order valence-corrected chi connectivity index (χ3v) is 14.7. The van der Waals surface area contributed by atoms with Gasteiger partial charge < -0.3 is 5.53 Å². The van der Waals surface area contributed by atoms with E-state index in [9.17, 15) is 5.53 Å². The van der Waals surface area contributed by atoms with Gasteiger partial charge in [0.05, 0.1) is 0 Å². The lowest BCUT2D eigenvalue weighted by molar-refractivity contribution is -0.345. The number of unbranched alkanes of at least 4 members (excludes halogenated alkanes) is 23. The quantitative estimate of drug-likeness (QED) is 0.0471. The summed E-state index contributed by atoms with van der Waals surface area (Å²) < 4.78 is 1.74. The zero-order chi connectivity index (χ0) is 46.2. The van der Waals surface area contributed by atoms with Crippen molar-refractivity contribution in [2.75, 3.05) is 0 Å². The Morgan fingerprint density at radius 3 is 0.859 bits per heavy atom. The molecule has 0 unspecified atom stereocenters. The van der Waals surface area contributed by atoms with Gasteiger partial charge in [0.1, 0.15) is 0 Å². The number of rotatable bonds is 40. The summed E-state index contributed by atoms with van der Waals surface area (Å²) in [4.78, 5) is 0. The van der Waals surface area contributed by atoms with Crippen LogP contribution in [0.5, 0.6) is 0 Å². The molecule has 0 saturated heterocycles. The van der Waals surface area contributed by atoms with Gasteiger partial charge in [0.15, 0.2) is 0 Å². The first-order chi connectivity index (χ1) is 31.4. The minimum absolute atomic E-state index is 0.944. The average Bonchev–Trinajstić information content (AvgIpc) is 3.58. The van der Waals surface area contributed by atoms with Gasteiger partial charge in [-0.15, -0.1) is 0 Å². The smallest absolute Gasteiger partial charge is 0.211 e. The Hall–Kier alpha value is -2.48. The summed E-state index contributed by atoms with van der Waals surface area (Å²) in [7, 11) is 0. The number of allylic oxidation sites excluding steroid dienone is 2. The normalized spacial score (nSPS) is 13.1. The summed E-state index contributed by atoms with van der Waals surface area (Å²) in [6.07, 6.45) is 48.2. The van der Waals surface area contributed by atoms with Crippen LogP contribution < -0.4 is 0 Å². The van der Waals surface area contributed by atoms with Gasteiger partial charge in [0, 0.05) is 22.3 Å². The molecular formula is C62H104N2. The second-order valence-corrected chi connectivity index (χ2v) is 20.2. The SMILES string of the molecule is CCCCCCCCCCCCCCC1=C(c2cc(CCCCC)c(CCCCC)c(CCCCC)c2)[N+](=[N-])C(c2cc(CCCCC)c(CCCCC)c(CCCCC)c2)=C1CC. The van der Waals surface area contributed by atoms with Gasteiger partial charge in [-0.3, -0.25) is 0 Å². The van der Waals surface area contributed by atoms with Crippen molar-refractivity contribution in [3.05, 3.63) is 85.5 Å². The van der Waals surface area contributed by atoms with Crippen LogP contribution in [-0.4, -0.2) is 4.70 Å². The summed E-state index contributed by atoms with van der Waals surface area (Å²) in [6.45, 7) is 18.7. The lowest BCUT2D eigenvalue weighted by atomic mass is 9.86. The van der Waals surface area contributed by atoms with E-state index in [4.69, 9.17) is 0 Å². The van der Waals surface area contributed by atoms with E-state index in [0.717, 1.165) is 49.9 Å². The van der Waals surface area contributed by atoms with Crippen LogP contribution in [-0.2, 0) is 38.5 Å². The highest BCUT2D eigenvalue weighted by atomic mass is 15.2. The molecule has 1 aliphatic heterocycles. The third-order valence-electron chi connectivity index (χ3n) is 14.7. The number of hydrogen-bond donors (Lipinski definition) is 0. The molecule has 0 saturated carbocycles. The molecular weight excluding hydrogens is 773 g/mol. The van der Waals surface area contributed by atoms with Gasteiger partial charge in [0.2, 0.25) is 11.4 Å². The maximum Gasteiger partial charge on any atom is 0.211 e. The van der Waals surface area contributed by atoms with Crippen molar-refractivity contribution in [3.8, 4) is 0 Å². The van der Waals surface area contributed by atoms with E-state index in [-0.39, 0.29) is 0 Å². The summed E-state index contributed by atoms with van der Waals surface area (Å²) >= 11 is 0. The second-order valence-electron chi connectivity index (χ2n) is 20.2. The molecule has 2 aromatic rings. The molecule has 0 radical (unpaired) electrons. The highest BCUT2D eigenvalue weighted by molar-refractivity contribution is 5.83. The van der Waals surface area contributed by atoms with E-state index in [2.05, 4.69) is 79.7 Å². The van der Waals surface area contributed by atoms with Crippen molar-refractivity contribution in [1.29, 1.82) is 0 Å². The Labute approximate surface area is 399 Å². The summed E-state index contributed by atoms with van der Waals surface area (Å²) in [5.41, 5.74) is 30.1. The van der Waals surface area contributed by atoms with Crippen LogP contribution >= 0.6 is 0 Å². The van der Waals surface area contributed by atoms with Crippen LogP contribution in [0.15, 0.2) is 35.4 Å². The molecule has 2 aromatic carbocycles. The zero-order valence-electron chi connectivity index (χ0n) is 44.1. The van der Waals surface area contributed by atoms with Gasteiger partial charge in [-0.25, -0.2) is 4.70 Å². The van der Waals surface area contributed by atoms with Crippen LogP contribution in [0.4, 0.5) is 0 Å². The molecule has 0 atom stereocenters. The lowest BCUT2D eigenvalue weighted by Gasteiger charge is -2.20. The fourth-order valence-electron chi connectivity index (χ4n) is 10.8. The maximum absolute atomic E-state index is 13.0. The van der Waals surface area contributed by atoms with Crippen LogP contribution in [0.25, 0.3) is 16.9 Å². The molecule has 2 heteroatoms. The molecule has 0 amide bonds. The average molecular weight is 878 g/mol. The third kappa shape index (κ3) is 19.0. The van der Waals surface area contributed by atoms with Crippen molar-refractivity contribution in [3.63, 3.8) is 0 Å². The number of benzene rings is 2. The first-order valence-electron chi connectivity index (χ1n) is 28.7. The highest BCUT2D eigenvalue weighted by Gasteiger charge is 2.36. The van der Waals surface area contributed by atoms with E-state index >= 15 is 0 Å². The van der Waals surface area contributed by atoms with Gasteiger partial charge in [-0.1, -0.05) is 203 Å². The molecule has 0 fully saturated rings. The zero-order valence-corrected chi connectivity index (χ0v) is 44.1. The van der Waals surface area contributed by atoms with E-state index in [1.807, 2.05) is 0 Å². The van der Waals surface area contributed by atoms with Crippen molar-refractivity contribution in [2.45, 2.75) is 299 Å². The van der Waals surface area contributed by atoms with E-state index < -0.39 is 0 Å². The van der Waals surface area contributed by atoms with Crippen molar-refractivity contribution < 1.29 is 4.70 Å². The highest BCUT2D eigenvalue weighted by Crippen LogP contribution is 2.46. The van der Waals surface area contributed by atoms with Gasteiger partial charge in [-0.2, -0.15) is 0 Å². The van der Waals surface area contributed by atoms with Crippen LogP contribution in [0, 0.1) is 0 Å². The fourth-order valence-corrected chi connectivity index (χ4v) is 10.8. The largest absolute Gasteiger partial charge is 0.493 e. The van der Waals surface area contributed by atoms with Crippen LogP contribution in [0.2, 0.25) is 0 Å². The maximum atomic E-state index is 13.0. The lowest BCUT2D eigenvalue weighted by Crippen LogP contribution is -2.09. The Balaban J connectivity index is 2.17. The standard InChI is InChI=1S/C62H104N2/c1-9-17-24-25-26-27-28-29-30-31-32-39-46-60-57(16-8)61(55-47-51(40-33-18-10-2)58(44-37-22-14-6)52(48-55)41-34-19-11-3)64(63)62(60)56-49-53(42-35-20-12-4)59(45-38-23-15-7)54(50-56)43-36-21-13-5/h47-50H,9-46H2,1-8H3. The predicted octanol–water partition coefficient (Wildman–Crippen LogP) is 20.8. The van der Waals surface area contributed by atoms with Crippen molar-refractivity contribution in [2.24, 2.45) is 0 Å². The molecule has 1 aliphatic rings. The minimum atomic E-state index is 0.944. The van der Waals surface area contributed by atoms with Gasteiger partial charge in [0.25, 0.3) is 0 Å². The minimum Gasteiger partial charge on any atom is -0.493 e. The molecule has 3 rings (SSSR count). The van der Waals surface area contributed by atoms with E-state index in [0.29, 0.717) is 0 Å². The number of hydrogen-bond acceptors (Lipinski definition) is 0. The number of nitrogens with zero attached hydrogens (tertiary/aromatic N) is 2. The Morgan fingerprint density at radius 2 is 0.547 bits per heavy atom. The predicted molar refractivity (Wildman–Crippen MR) is 286 cm³/mol. The van der Waals surface area contributed by atoms with Gasteiger partial charge >= 0.3 is 0 Å². The molecule has 0 aromatic heterocycles. The molecule has 2 nitrogen and oxygen atoms in total. The molecule has 0 N–H and O–H groups in total.